The van der Waals surface area contributed by atoms with E-state index in [1.54, 1.807) is 0 Å². The molecule has 6 nitrogen and oxygen atoms in total. The van der Waals surface area contributed by atoms with Crippen molar-refractivity contribution in [2.24, 2.45) is 0 Å². The topological polar surface area (TPSA) is 61.7 Å². The molecule has 2 N–H and O–H groups in total. The van der Waals surface area contributed by atoms with Crippen LogP contribution in [-0.2, 0) is 13.0 Å². The summed E-state index contributed by atoms with van der Waals surface area (Å²) in [5.41, 5.74) is 4.09. The van der Waals surface area contributed by atoms with Gasteiger partial charge in [0.1, 0.15) is 5.65 Å². The molecule has 0 fully saturated rings. The molecule has 0 aliphatic rings. The van der Waals surface area contributed by atoms with E-state index in [-0.39, 0.29) is 6.03 Å². The van der Waals surface area contributed by atoms with Gasteiger partial charge in [-0.1, -0.05) is 18.2 Å². The van der Waals surface area contributed by atoms with E-state index in [0.717, 1.165) is 22.6 Å². The number of benzene rings is 1. The number of nitrogens with zero attached hydrogens (tertiary/aromatic N) is 3. The van der Waals surface area contributed by atoms with Gasteiger partial charge in [0.15, 0.2) is 0 Å². The normalized spacial score (nSPS) is 10.6. The standard InChI is InChI=1S/C19H23N5O/c1-23(2)17-8-6-15(7-9-17)13-21-19(25)20-11-10-16-14-24-12-4-3-5-18(24)22-16/h3-9,12,14H,10-11,13H2,1-2H3,(H2,20,21,25). The molecule has 3 rings (SSSR count). The summed E-state index contributed by atoms with van der Waals surface area (Å²) in [5, 5.41) is 5.74. The Labute approximate surface area is 147 Å². The Bertz CT molecular complexity index is 805. The number of urea groups is 1. The fourth-order valence-corrected chi connectivity index (χ4v) is 2.57. The van der Waals surface area contributed by atoms with Gasteiger partial charge in [-0.3, -0.25) is 0 Å². The van der Waals surface area contributed by atoms with Gasteiger partial charge in [-0.25, -0.2) is 9.78 Å². The molecule has 2 heterocycles. The molecular weight excluding hydrogens is 314 g/mol. The molecular formula is C19H23N5O. The van der Waals surface area contributed by atoms with E-state index in [2.05, 4.69) is 15.6 Å². The fraction of sp³-hybridized carbons (Fsp3) is 0.263. The third kappa shape index (κ3) is 4.50. The number of amides is 2. The molecule has 2 amide bonds. The van der Waals surface area contributed by atoms with Crippen LogP contribution in [0.5, 0.6) is 0 Å². The number of hydrogen-bond acceptors (Lipinski definition) is 3. The number of fused-ring (bicyclic) bond motifs is 1. The van der Waals surface area contributed by atoms with Crippen molar-refractivity contribution in [1.82, 2.24) is 20.0 Å². The smallest absolute Gasteiger partial charge is 0.315 e. The highest BCUT2D eigenvalue weighted by Gasteiger charge is 2.04. The molecule has 0 atom stereocenters. The van der Waals surface area contributed by atoms with Crippen molar-refractivity contribution in [2.75, 3.05) is 25.5 Å². The number of carbonyl (C=O) groups is 1. The summed E-state index contributed by atoms with van der Waals surface area (Å²) in [6.07, 6.45) is 4.65. The van der Waals surface area contributed by atoms with Crippen LogP contribution in [0.2, 0.25) is 0 Å². The summed E-state index contributed by atoms with van der Waals surface area (Å²) in [6, 6.07) is 13.8. The van der Waals surface area contributed by atoms with Crippen molar-refractivity contribution in [3.05, 3.63) is 66.1 Å². The van der Waals surface area contributed by atoms with E-state index in [4.69, 9.17) is 0 Å². The molecule has 0 spiro atoms. The molecule has 0 saturated carbocycles. The lowest BCUT2D eigenvalue weighted by molar-refractivity contribution is 0.240. The Hall–Kier alpha value is -3.02. The average Bonchev–Trinajstić information content (AvgIpc) is 3.03. The summed E-state index contributed by atoms with van der Waals surface area (Å²) >= 11 is 0. The van der Waals surface area contributed by atoms with Crippen LogP contribution in [0.1, 0.15) is 11.3 Å². The van der Waals surface area contributed by atoms with Crippen molar-refractivity contribution in [2.45, 2.75) is 13.0 Å². The van der Waals surface area contributed by atoms with Gasteiger partial charge >= 0.3 is 6.03 Å². The Kier molecular flexibility index (Phi) is 5.18. The van der Waals surface area contributed by atoms with Gasteiger partial charge in [-0.05, 0) is 29.8 Å². The van der Waals surface area contributed by atoms with Crippen molar-refractivity contribution in [1.29, 1.82) is 0 Å². The molecule has 0 unspecified atom stereocenters. The van der Waals surface area contributed by atoms with Crippen molar-refractivity contribution in [3.63, 3.8) is 0 Å². The Morgan fingerprint density at radius 1 is 1.12 bits per heavy atom. The summed E-state index contributed by atoms with van der Waals surface area (Å²) < 4.78 is 1.98. The highest BCUT2D eigenvalue weighted by Crippen LogP contribution is 2.11. The molecule has 1 aromatic carbocycles. The van der Waals surface area contributed by atoms with Gasteiger partial charge in [-0.2, -0.15) is 0 Å². The lowest BCUT2D eigenvalue weighted by Crippen LogP contribution is -2.36. The minimum atomic E-state index is -0.166. The third-order valence-electron chi connectivity index (χ3n) is 3.99. The molecule has 0 saturated heterocycles. The number of aromatic nitrogens is 2. The lowest BCUT2D eigenvalue weighted by atomic mass is 10.2. The summed E-state index contributed by atoms with van der Waals surface area (Å²) in [7, 11) is 4.01. The maximum Gasteiger partial charge on any atom is 0.315 e. The Balaban J connectivity index is 1.42. The second kappa shape index (κ2) is 7.70. The van der Waals surface area contributed by atoms with Crippen molar-refractivity contribution in [3.8, 4) is 0 Å². The van der Waals surface area contributed by atoms with Gasteiger partial charge < -0.3 is 19.9 Å². The van der Waals surface area contributed by atoms with E-state index in [9.17, 15) is 4.79 Å². The van der Waals surface area contributed by atoms with E-state index in [0.29, 0.717) is 19.5 Å². The Morgan fingerprint density at radius 3 is 2.64 bits per heavy atom. The number of rotatable bonds is 6. The Morgan fingerprint density at radius 2 is 1.92 bits per heavy atom. The molecule has 0 bridgehead atoms. The van der Waals surface area contributed by atoms with Crippen molar-refractivity contribution < 1.29 is 4.79 Å². The quantitative estimate of drug-likeness (QED) is 0.726. The maximum absolute atomic E-state index is 11.9. The SMILES string of the molecule is CN(C)c1ccc(CNC(=O)NCCc2cn3ccccc3n2)cc1. The number of hydrogen-bond donors (Lipinski definition) is 2. The van der Waals surface area contributed by atoms with E-state index in [1.807, 2.05) is 78.3 Å². The van der Waals surface area contributed by atoms with Gasteiger partial charge in [-0.15, -0.1) is 0 Å². The van der Waals surface area contributed by atoms with E-state index in [1.165, 1.54) is 0 Å². The van der Waals surface area contributed by atoms with Gasteiger partial charge in [0, 0.05) is 51.7 Å². The van der Waals surface area contributed by atoms with Crippen LogP contribution in [0, 0.1) is 0 Å². The second-order valence-corrected chi connectivity index (χ2v) is 6.12. The van der Waals surface area contributed by atoms with Crippen LogP contribution in [0.15, 0.2) is 54.9 Å². The average molecular weight is 337 g/mol. The first-order valence-corrected chi connectivity index (χ1v) is 8.32. The third-order valence-corrected chi connectivity index (χ3v) is 3.99. The van der Waals surface area contributed by atoms with Crippen LogP contribution in [0.25, 0.3) is 5.65 Å². The highest BCUT2D eigenvalue weighted by atomic mass is 16.2. The summed E-state index contributed by atoms with van der Waals surface area (Å²) in [6.45, 7) is 1.06. The summed E-state index contributed by atoms with van der Waals surface area (Å²) in [4.78, 5) is 18.5. The first-order chi connectivity index (χ1) is 12.1. The van der Waals surface area contributed by atoms with Crippen LogP contribution in [-0.4, -0.2) is 36.1 Å². The van der Waals surface area contributed by atoms with Gasteiger partial charge in [0.2, 0.25) is 0 Å². The zero-order valence-electron chi connectivity index (χ0n) is 14.6. The first-order valence-electron chi connectivity index (χ1n) is 8.32. The second-order valence-electron chi connectivity index (χ2n) is 6.12. The number of carbonyl (C=O) groups excluding carboxylic acids is 1. The fourth-order valence-electron chi connectivity index (χ4n) is 2.57. The predicted octanol–water partition coefficient (Wildman–Crippen LogP) is 2.44. The molecule has 6 heteroatoms. The van der Waals surface area contributed by atoms with Crippen LogP contribution < -0.4 is 15.5 Å². The van der Waals surface area contributed by atoms with Crippen LogP contribution in [0.4, 0.5) is 10.5 Å². The highest BCUT2D eigenvalue weighted by molar-refractivity contribution is 5.73. The van der Waals surface area contributed by atoms with Crippen molar-refractivity contribution >= 4 is 17.4 Å². The minimum Gasteiger partial charge on any atom is -0.378 e. The van der Waals surface area contributed by atoms with E-state index < -0.39 is 0 Å². The largest absolute Gasteiger partial charge is 0.378 e. The number of anilines is 1. The number of imidazole rings is 1. The molecule has 3 aromatic rings. The molecule has 0 aliphatic heterocycles. The molecule has 2 aromatic heterocycles. The predicted molar refractivity (Wildman–Crippen MR) is 99.9 cm³/mol. The lowest BCUT2D eigenvalue weighted by Gasteiger charge is -2.13. The monoisotopic (exact) mass is 337 g/mol. The van der Waals surface area contributed by atoms with E-state index >= 15 is 0 Å². The zero-order valence-corrected chi connectivity index (χ0v) is 14.6. The minimum absolute atomic E-state index is 0.166. The maximum atomic E-state index is 11.9. The van der Waals surface area contributed by atoms with Gasteiger partial charge in [0.05, 0.1) is 5.69 Å². The molecule has 25 heavy (non-hydrogen) atoms. The zero-order chi connectivity index (χ0) is 17.6. The molecule has 0 radical (unpaired) electrons. The first kappa shape index (κ1) is 16.8. The van der Waals surface area contributed by atoms with Crippen LogP contribution in [0.3, 0.4) is 0 Å². The molecule has 0 aliphatic carbocycles. The summed E-state index contributed by atoms with van der Waals surface area (Å²) in [5.74, 6) is 0. The van der Waals surface area contributed by atoms with Crippen LogP contribution >= 0.6 is 0 Å². The number of nitrogens with one attached hydrogen (secondary N) is 2. The molecule has 130 valence electrons. The number of pyridine rings is 1. The van der Waals surface area contributed by atoms with Gasteiger partial charge in [0.25, 0.3) is 0 Å².